The summed E-state index contributed by atoms with van der Waals surface area (Å²) in [5.41, 5.74) is 4.37. The molecule has 2 heterocycles. The molecule has 0 saturated heterocycles. The molecule has 2 aromatic heterocycles. The fraction of sp³-hybridized carbons (Fsp3) is 0.240. The first-order valence-electron chi connectivity index (χ1n) is 11.6. The topological polar surface area (TPSA) is 139 Å². The van der Waals surface area contributed by atoms with Crippen LogP contribution in [0.4, 0.5) is 0 Å². The highest BCUT2D eigenvalue weighted by Gasteiger charge is 2.25. The number of nitrogens with one attached hydrogen (secondary N) is 1. The maximum absolute atomic E-state index is 12.8. The van der Waals surface area contributed by atoms with Gasteiger partial charge in [0.25, 0.3) is 5.91 Å². The Kier molecular flexibility index (Phi) is 6.63. The second-order valence-electron chi connectivity index (χ2n) is 8.31. The molecule has 1 aliphatic carbocycles. The Morgan fingerprint density at radius 1 is 1.08 bits per heavy atom. The monoisotopic (exact) mass is 501 g/mol. The number of aryl methyl sites for hydroxylation is 1. The van der Waals surface area contributed by atoms with Crippen LogP contribution in [-0.2, 0) is 22.6 Å². The second-order valence-corrected chi connectivity index (χ2v) is 9.36. The summed E-state index contributed by atoms with van der Waals surface area (Å²) in [5.74, 6) is -0.934. The average Bonchev–Trinajstić information content (AvgIpc) is 3.66. The predicted molar refractivity (Wildman–Crippen MR) is 133 cm³/mol. The van der Waals surface area contributed by atoms with Gasteiger partial charge in [0.2, 0.25) is 4.80 Å². The van der Waals surface area contributed by atoms with Gasteiger partial charge in [0, 0.05) is 16.7 Å². The lowest BCUT2D eigenvalue weighted by Crippen LogP contribution is -2.20. The highest BCUT2D eigenvalue weighted by atomic mass is 32.1. The van der Waals surface area contributed by atoms with Gasteiger partial charge in [-0.25, -0.2) is 14.6 Å². The van der Waals surface area contributed by atoms with Gasteiger partial charge in [-0.1, -0.05) is 66.8 Å². The van der Waals surface area contributed by atoms with Crippen molar-refractivity contribution in [3.8, 4) is 22.5 Å². The first kappa shape index (κ1) is 23.5. The Morgan fingerprint density at radius 3 is 2.53 bits per heavy atom. The third-order valence-corrected chi connectivity index (χ3v) is 7.11. The molecule has 4 aromatic rings. The average molecular weight is 502 g/mol. The van der Waals surface area contributed by atoms with Crippen LogP contribution in [0.5, 0.6) is 0 Å². The van der Waals surface area contributed by atoms with Gasteiger partial charge in [0.1, 0.15) is 5.01 Å². The van der Waals surface area contributed by atoms with Gasteiger partial charge < -0.3 is 5.11 Å². The number of aromatic nitrogens is 6. The molecule has 10 nitrogen and oxygen atoms in total. The van der Waals surface area contributed by atoms with E-state index in [1.54, 1.807) is 4.68 Å². The summed E-state index contributed by atoms with van der Waals surface area (Å²) in [5, 5.41) is 29.1. The van der Waals surface area contributed by atoms with Gasteiger partial charge in [-0.05, 0) is 52.8 Å². The van der Waals surface area contributed by atoms with Crippen molar-refractivity contribution < 1.29 is 14.7 Å². The Hall–Kier alpha value is -4.25. The first-order valence-corrected chi connectivity index (χ1v) is 12.4. The van der Waals surface area contributed by atoms with Crippen LogP contribution in [0.1, 0.15) is 36.8 Å². The van der Waals surface area contributed by atoms with Crippen LogP contribution in [-0.4, -0.2) is 47.4 Å². The van der Waals surface area contributed by atoms with Crippen molar-refractivity contribution in [1.29, 1.82) is 0 Å². The van der Waals surface area contributed by atoms with E-state index in [0.717, 1.165) is 27.3 Å². The number of nitrogens with zero attached hydrogens (tertiary/aromatic N) is 6. The molecule has 5 rings (SSSR count). The third kappa shape index (κ3) is 4.78. The van der Waals surface area contributed by atoms with Crippen LogP contribution in [0.3, 0.4) is 0 Å². The summed E-state index contributed by atoms with van der Waals surface area (Å²) in [6.07, 6.45) is 2.21. The van der Waals surface area contributed by atoms with Gasteiger partial charge in [-0.15, -0.1) is 5.10 Å². The molecule has 0 atom stereocenters. The Morgan fingerprint density at radius 2 is 1.83 bits per heavy atom. The van der Waals surface area contributed by atoms with E-state index in [1.807, 2.05) is 55.5 Å². The van der Waals surface area contributed by atoms with Gasteiger partial charge in [-0.3, -0.25) is 4.79 Å². The Balaban J connectivity index is 1.43. The molecule has 0 radical (unpaired) electrons. The number of hydrogen-bond donors (Lipinski definition) is 2. The molecule has 1 aliphatic rings. The number of carboxylic acid groups (broad SMARTS) is 1. The second kappa shape index (κ2) is 10.2. The van der Waals surface area contributed by atoms with Gasteiger partial charge in [0.15, 0.2) is 5.82 Å². The number of rotatable bonds is 7. The number of aliphatic carboxylic acids is 1. The van der Waals surface area contributed by atoms with Crippen molar-refractivity contribution in [2.45, 2.75) is 39.2 Å². The number of carbonyl (C=O) groups is 2. The number of hydrogen-bond acceptors (Lipinski definition) is 7. The van der Waals surface area contributed by atoms with Crippen LogP contribution in [0.15, 0.2) is 64.7 Å². The number of tetrazole rings is 1. The van der Waals surface area contributed by atoms with E-state index in [1.165, 1.54) is 11.3 Å². The largest absolute Gasteiger partial charge is 0.478 e. The van der Waals surface area contributed by atoms with E-state index in [4.69, 9.17) is 0 Å². The fourth-order valence-corrected chi connectivity index (χ4v) is 5.06. The normalized spacial score (nSPS) is 14.0. The predicted octanol–water partition coefficient (Wildman–Crippen LogP) is 3.39. The van der Waals surface area contributed by atoms with E-state index in [0.29, 0.717) is 48.4 Å². The number of carboxylic acids is 1. The molecule has 0 spiro atoms. The van der Waals surface area contributed by atoms with E-state index in [2.05, 4.69) is 30.7 Å². The number of aromatic amines is 1. The molecule has 0 fully saturated rings. The number of benzene rings is 2. The molecule has 0 aliphatic heterocycles. The molecular weight excluding hydrogens is 478 g/mol. The minimum atomic E-state index is -1.04. The number of amides is 1. The minimum absolute atomic E-state index is 0.174. The lowest BCUT2D eigenvalue weighted by atomic mass is 9.98. The zero-order chi connectivity index (χ0) is 25.1. The highest BCUT2D eigenvalue weighted by molar-refractivity contribution is 7.08. The van der Waals surface area contributed by atoms with Gasteiger partial charge in [-0.2, -0.15) is 10.1 Å². The molecule has 1 amide bonds. The fourth-order valence-electron chi connectivity index (χ4n) is 4.23. The summed E-state index contributed by atoms with van der Waals surface area (Å²) in [7, 11) is 0. The van der Waals surface area contributed by atoms with Gasteiger partial charge >= 0.3 is 5.97 Å². The molecular formula is C25H23N7O3S. The SMILES string of the molecule is CCc1nn(Cc2ccc(-c3ccccc3-c3nnn[nH]3)cc2)/c(=N/C(=O)C2=C(C(=O)O)CCC2)s1. The smallest absolute Gasteiger partial charge is 0.332 e. The lowest BCUT2D eigenvalue weighted by Gasteiger charge is -2.08. The molecule has 182 valence electrons. The number of H-pyrrole nitrogens is 1. The van der Waals surface area contributed by atoms with Crippen molar-refractivity contribution >= 4 is 23.2 Å². The molecule has 0 bridgehead atoms. The van der Waals surface area contributed by atoms with Crippen molar-refractivity contribution in [2.24, 2.45) is 4.99 Å². The van der Waals surface area contributed by atoms with E-state index in [9.17, 15) is 14.7 Å². The van der Waals surface area contributed by atoms with Crippen LogP contribution in [0, 0.1) is 0 Å². The van der Waals surface area contributed by atoms with Crippen LogP contribution in [0.2, 0.25) is 0 Å². The van der Waals surface area contributed by atoms with E-state index >= 15 is 0 Å². The van der Waals surface area contributed by atoms with Crippen LogP contribution < -0.4 is 4.80 Å². The van der Waals surface area contributed by atoms with Gasteiger partial charge in [0.05, 0.1) is 6.54 Å². The zero-order valence-electron chi connectivity index (χ0n) is 19.5. The number of carbonyl (C=O) groups excluding carboxylic acids is 1. The summed E-state index contributed by atoms with van der Waals surface area (Å²) < 4.78 is 1.71. The molecule has 2 aromatic carbocycles. The summed E-state index contributed by atoms with van der Waals surface area (Å²) in [6, 6.07) is 15.9. The maximum Gasteiger partial charge on any atom is 0.332 e. The molecule has 2 N–H and O–H groups in total. The van der Waals surface area contributed by atoms with Crippen molar-refractivity contribution in [1.82, 2.24) is 30.4 Å². The maximum atomic E-state index is 12.8. The summed E-state index contributed by atoms with van der Waals surface area (Å²) in [4.78, 5) is 29.0. The standard InChI is InChI=1S/C25H23N7O3S/c1-2-21-29-32(25(36-21)26-23(33)19-8-5-9-20(19)24(34)35)14-15-10-12-16(13-11-15)17-6-3-4-7-18(17)22-27-30-31-28-22/h3-4,6-7,10-13H,2,5,8-9,14H2,1H3,(H,34,35)(H,27,28,30,31)/b26-25-. The Bertz CT molecular complexity index is 1520. The molecule has 11 heteroatoms. The minimum Gasteiger partial charge on any atom is -0.478 e. The Labute approximate surface area is 210 Å². The van der Waals surface area contributed by atoms with Crippen molar-refractivity contribution in [3.05, 3.63) is 75.0 Å². The first-order chi connectivity index (χ1) is 17.5. The highest BCUT2D eigenvalue weighted by Crippen LogP contribution is 2.30. The van der Waals surface area contributed by atoms with Crippen LogP contribution >= 0.6 is 11.3 Å². The van der Waals surface area contributed by atoms with E-state index in [-0.39, 0.29) is 5.57 Å². The summed E-state index contributed by atoms with van der Waals surface area (Å²) >= 11 is 1.35. The molecule has 36 heavy (non-hydrogen) atoms. The summed E-state index contributed by atoms with van der Waals surface area (Å²) in [6.45, 7) is 2.43. The zero-order valence-corrected chi connectivity index (χ0v) is 20.3. The quantitative estimate of drug-likeness (QED) is 0.396. The molecule has 0 unspecified atom stereocenters. The van der Waals surface area contributed by atoms with Crippen molar-refractivity contribution in [3.63, 3.8) is 0 Å². The van der Waals surface area contributed by atoms with Crippen LogP contribution in [0.25, 0.3) is 22.5 Å². The van der Waals surface area contributed by atoms with E-state index < -0.39 is 11.9 Å². The lowest BCUT2D eigenvalue weighted by molar-refractivity contribution is -0.133. The van der Waals surface area contributed by atoms with Crippen molar-refractivity contribution in [2.75, 3.05) is 0 Å². The molecule has 0 saturated carbocycles. The third-order valence-electron chi connectivity index (χ3n) is 6.02.